The van der Waals surface area contributed by atoms with Crippen LogP contribution >= 0.6 is 11.6 Å². The third-order valence-electron chi connectivity index (χ3n) is 2.88. The first-order valence-corrected chi connectivity index (χ1v) is 5.31. The van der Waals surface area contributed by atoms with Crippen LogP contribution in [0.15, 0.2) is 24.3 Å². The second kappa shape index (κ2) is 3.23. The summed E-state index contributed by atoms with van der Waals surface area (Å²) in [4.78, 5) is 2.43. The highest BCUT2D eigenvalue weighted by atomic mass is 35.5. The number of ether oxygens (including phenoxy) is 1. The van der Waals surface area contributed by atoms with E-state index in [-0.39, 0.29) is 0 Å². The van der Waals surface area contributed by atoms with Crippen LogP contribution in [0.25, 0.3) is 0 Å². The molecule has 1 aromatic carbocycles. The van der Waals surface area contributed by atoms with Gasteiger partial charge in [-0.3, -0.25) is 4.90 Å². The Balaban J connectivity index is 1.64. The molecule has 2 saturated heterocycles. The molecule has 0 aromatic heterocycles. The van der Waals surface area contributed by atoms with E-state index in [1.54, 1.807) is 0 Å². The second-order valence-electron chi connectivity index (χ2n) is 4.03. The van der Waals surface area contributed by atoms with Gasteiger partial charge in [0.05, 0.1) is 12.2 Å². The fourth-order valence-corrected chi connectivity index (χ4v) is 2.19. The van der Waals surface area contributed by atoms with Crippen LogP contribution in [0.4, 0.5) is 0 Å². The molecule has 3 rings (SSSR count). The van der Waals surface area contributed by atoms with Crippen LogP contribution in [0.1, 0.15) is 5.56 Å². The number of rotatable bonds is 2. The van der Waals surface area contributed by atoms with Gasteiger partial charge in [0.2, 0.25) is 0 Å². The zero-order valence-corrected chi connectivity index (χ0v) is 8.57. The van der Waals surface area contributed by atoms with E-state index in [1.807, 2.05) is 12.1 Å². The fraction of sp³-hybridized carbons (Fsp3) is 0.455. The highest BCUT2D eigenvalue weighted by molar-refractivity contribution is 6.30. The Morgan fingerprint density at radius 3 is 2.50 bits per heavy atom. The topological polar surface area (TPSA) is 15.8 Å². The maximum atomic E-state index is 5.82. The van der Waals surface area contributed by atoms with Gasteiger partial charge >= 0.3 is 0 Å². The number of epoxide rings is 1. The van der Waals surface area contributed by atoms with Crippen molar-refractivity contribution in [3.8, 4) is 0 Å². The van der Waals surface area contributed by atoms with E-state index in [9.17, 15) is 0 Å². The van der Waals surface area contributed by atoms with Crippen LogP contribution in [0.5, 0.6) is 0 Å². The first-order chi connectivity index (χ1) is 6.81. The Morgan fingerprint density at radius 2 is 1.86 bits per heavy atom. The zero-order valence-electron chi connectivity index (χ0n) is 7.82. The molecule has 0 spiro atoms. The molecular formula is C11H12ClNO. The molecule has 0 amide bonds. The standard InChI is InChI=1S/C11H12ClNO/c12-9-3-1-8(2-4-9)5-13-6-10-11(7-13)14-10/h1-4,10-11H,5-7H2. The van der Waals surface area contributed by atoms with Crippen LogP contribution < -0.4 is 0 Å². The third-order valence-corrected chi connectivity index (χ3v) is 3.14. The summed E-state index contributed by atoms with van der Waals surface area (Å²) in [5, 5.41) is 0.807. The van der Waals surface area contributed by atoms with Crippen molar-refractivity contribution in [2.75, 3.05) is 13.1 Å². The van der Waals surface area contributed by atoms with Crippen LogP contribution in [-0.2, 0) is 11.3 Å². The molecular weight excluding hydrogens is 198 g/mol. The number of fused-ring (bicyclic) bond motifs is 1. The lowest BCUT2D eigenvalue weighted by Crippen LogP contribution is -2.23. The minimum Gasteiger partial charge on any atom is -0.367 e. The summed E-state index contributed by atoms with van der Waals surface area (Å²) in [6.07, 6.45) is 1.06. The van der Waals surface area contributed by atoms with E-state index < -0.39 is 0 Å². The summed E-state index contributed by atoms with van der Waals surface area (Å²) in [6.45, 7) is 3.20. The van der Waals surface area contributed by atoms with Crippen molar-refractivity contribution in [2.45, 2.75) is 18.8 Å². The number of hydrogen-bond donors (Lipinski definition) is 0. The second-order valence-corrected chi connectivity index (χ2v) is 4.47. The molecule has 2 nitrogen and oxygen atoms in total. The summed E-state index contributed by atoms with van der Waals surface area (Å²) >= 11 is 5.82. The van der Waals surface area contributed by atoms with E-state index >= 15 is 0 Å². The molecule has 0 bridgehead atoms. The molecule has 2 aliphatic heterocycles. The van der Waals surface area contributed by atoms with Crippen molar-refractivity contribution in [2.24, 2.45) is 0 Å². The number of nitrogens with zero attached hydrogens (tertiary/aromatic N) is 1. The number of halogens is 1. The van der Waals surface area contributed by atoms with Gasteiger partial charge in [0.15, 0.2) is 0 Å². The van der Waals surface area contributed by atoms with Crippen molar-refractivity contribution in [1.29, 1.82) is 0 Å². The quantitative estimate of drug-likeness (QED) is 0.692. The molecule has 0 radical (unpaired) electrons. The van der Waals surface area contributed by atoms with Gasteiger partial charge in [-0.05, 0) is 17.7 Å². The van der Waals surface area contributed by atoms with Crippen molar-refractivity contribution in [1.82, 2.24) is 4.90 Å². The molecule has 2 atom stereocenters. The van der Waals surface area contributed by atoms with Crippen molar-refractivity contribution in [3.63, 3.8) is 0 Å². The normalized spacial score (nSPS) is 30.4. The van der Waals surface area contributed by atoms with Gasteiger partial charge in [-0.25, -0.2) is 0 Å². The number of benzene rings is 1. The maximum Gasteiger partial charge on any atom is 0.0981 e. The minimum atomic E-state index is 0.530. The SMILES string of the molecule is Clc1ccc(CN2CC3OC3C2)cc1. The average molecular weight is 210 g/mol. The van der Waals surface area contributed by atoms with Crippen molar-refractivity contribution in [3.05, 3.63) is 34.9 Å². The molecule has 2 aliphatic rings. The van der Waals surface area contributed by atoms with Crippen molar-refractivity contribution < 1.29 is 4.74 Å². The predicted molar refractivity (Wildman–Crippen MR) is 55.4 cm³/mol. The Kier molecular flexibility index (Phi) is 2.01. The molecule has 3 heteroatoms. The molecule has 2 unspecified atom stereocenters. The Morgan fingerprint density at radius 1 is 1.21 bits per heavy atom. The molecule has 0 saturated carbocycles. The molecule has 2 heterocycles. The highest BCUT2D eigenvalue weighted by Crippen LogP contribution is 2.31. The summed E-state index contributed by atoms with van der Waals surface area (Å²) in [6, 6.07) is 8.08. The van der Waals surface area contributed by atoms with E-state index in [2.05, 4.69) is 17.0 Å². The minimum absolute atomic E-state index is 0.530. The van der Waals surface area contributed by atoms with Crippen LogP contribution in [0.2, 0.25) is 5.02 Å². The van der Waals surface area contributed by atoms with Gasteiger partial charge in [0.1, 0.15) is 0 Å². The lowest BCUT2D eigenvalue weighted by molar-refractivity contribution is 0.198. The molecule has 74 valence electrons. The lowest BCUT2D eigenvalue weighted by atomic mass is 10.2. The van der Waals surface area contributed by atoms with Crippen LogP contribution in [0.3, 0.4) is 0 Å². The molecule has 0 N–H and O–H groups in total. The largest absolute Gasteiger partial charge is 0.367 e. The Bertz CT molecular complexity index is 328. The third kappa shape index (κ3) is 1.65. The van der Waals surface area contributed by atoms with Gasteiger partial charge < -0.3 is 4.74 Å². The van der Waals surface area contributed by atoms with E-state index in [4.69, 9.17) is 16.3 Å². The Labute approximate surface area is 88.4 Å². The fourth-order valence-electron chi connectivity index (χ4n) is 2.06. The monoisotopic (exact) mass is 209 g/mol. The number of hydrogen-bond acceptors (Lipinski definition) is 2. The summed E-state index contributed by atoms with van der Waals surface area (Å²) in [5.74, 6) is 0. The summed E-state index contributed by atoms with van der Waals surface area (Å²) in [7, 11) is 0. The summed E-state index contributed by atoms with van der Waals surface area (Å²) in [5.41, 5.74) is 1.33. The maximum absolute atomic E-state index is 5.82. The molecule has 2 fully saturated rings. The van der Waals surface area contributed by atoms with Gasteiger partial charge in [-0.1, -0.05) is 23.7 Å². The number of morpholine rings is 1. The van der Waals surface area contributed by atoms with Gasteiger partial charge in [0, 0.05) is 24.7 Å². The molecule has 14 heavy (non-hydrogen) atoms. The predicted octanol–water partition coefficient (Wildman–Crippen LogP) is 1.92. The number of likely N-dealkylation sites (tertiary alicyclic amines) is 1. The average Bonchev–Trinajstić information content (AvgIpc) is 2.79. The Hall–Kier alpha value is -0.570. The molecule has 1 aromatic rings. The van der Waals surface area contributed by atoms with Crippen LogP contribution in [-0.4, -0.2) is 30.2 Å². The highest BCUT2D eigenvalue weighted by Gasteiger charge is 2.46. The van der Waals surface area contributed by atoms with Gasteiger partial charge in [0.25, 0.3) is 0 Å². The zero-order chi connectivity index (χ0) is 9.54. The van der Waals surface area contributed by atoms with E-state index in [0.717, 1.165) is 24.7 Å². The van der Waals surface area contributed by atoms with E-state index in [0.29, 0.717) is 12.2 Å². The van der Waals surface area contributed by atoms with Gasteiger partial charge in [-0.2, -0.15) is 0 Å². The van der Waals surface area contributed by atoms with Crippen molar-refractivity contribution >= 4 is 11.6 Å². The smallest absolute Gasteiger partial charge is 0.0981 e. The first-order valence-electron chi connectivity index (χ1n) is 4.93. The first kappa shape index (κ1) is 8.72. The van der Waals surface area contributed by atoms with E-state index in [1.165, 1.54) is 5.56 Å². The molecule has 0 aliphatic carbocycles. The summed E-state index contributed by atoms with van der Waals surface area (Å²) < 4.78 is 5.38. The van der Waals surface area contributed by atoms with Gasteiger partial charge in [-0.15, -0.1) is 0 Å². The van der Waals surface area contributed by atoms with Crippen LogP contribution in [0, 0.1) is 0 Å². The lowest BCUT2D eigenvalue weighted by Gasteiger charge is -2.16.